The fourth-order valence-electron chi connectivity index (χ4n) is 6.41. The van der Waals surface area contributed by atoms with Gasteiger partial charge in [0.25, 0.3) is 0 Å². The molecule has 0 aliphatic rings. The molecule has 0 saturated heterocycles. The predicted octanol–water partition coefficient (Wildman–Crippen LogP) is 13.5. The molecule has 0 aromatic heterocycles. The first-order valence-electron chi connectivity index (χ1n) is 20.4. The van der Waals surface area contributed by atoms with Crippen molar-refractivity contribution in [3.05, 3.63) is 0 Å². The van der Waals surface area contributed by atoms with Crippen molar-refractivity contribution in [2.45, 2.75) is 227 Å². The molecule has 0 aliphatic heterocycles. The van der Waals surface area contributed by atoms with E-state index in [0.717, 1.165) is 77.0 Å². The van der Waals surface area contributed by atoms with Crippen LogP contribution in [0.3, 0.4) is 0 Å². The summed E-state index contributed by atoms with van der Waals surface area (Å²) in [5.41, 5.74) is 0. The Balaban J connectivity index is 4.04. The lowest BCUT2D eigenvalue weighted by atomic mass is 9.94. The van der Waals surface area contributed by atoms with Gasteiger partial charge in [-0.1, -0.05) is 188 Å². The summed E-state index contributed by atoms with van der Waals surface area (Å²) < 4.78 is 11.5. The number of ether oxygens (including phenoxy) is 2. The Kier molecular flexibility index (Phi) is 34.9. The van der Waals surface area contributed by atoms with Crippen LogP contribution < -0.4 is 0 Å². The summed E-state index contributed by atoms with van der Waals surface area (Å²) in [7, 11) is 0. The summed E-state index contributed by atoms with van der Waals surface area (Å²) in [4.78, 5) is 25.6. The summed E-state index contributed by atoms with van der Waals surface area (Å²) in [6.07, 6.45) is 36.9. The first-order chi connectivity index (χ1) is 22.1. The standard InChI is InChI=1S/C41H80O4/c1-5-9-13-17-22-28-34-38(32-26-15-11-7-3)40(42)44-36-30-24-20-19-21-25-31-37-45-41(43)39(33-27-16-12-8-4)35-29-23-18-14-10-6-2/h38-39H,5-37H2,1-4H3. The molecular weight excluding hydrogens is 556 g/mol. The maximum absolute atomic E-state index is 12.8. The zero-order valence-corrected chi connectivity index (χ0v) is 31.1. The van der Waals surface area contributed by atoms with Crippen LogP contribution in [0.25, 0.3) is 0 Å². The number of carbonyl (C=O) groups excluding carboxylic acids is 2. The molecule has 0 radical (unpaired) electrons. The van der Waals surface area contributed by atoms with Gasteiger partial charge >= 0.3 is 11.9 Å². The molecule has 0 aromatic carbocycles. The van der Waals surface area contributed by atoms with Gasteiger partial charge in [-0.25, -0.2) is 0 Å². The van der Waals surface area contributed by atoms with Crippen molar-refractivity contribution in [3.8, 4) is 0 Å². The first kappa shape index (κ1) is 43.9. The Morgan fingerprint density at radius 3 is 0.844 bits per heavy atom. The molecule has 0 rings (SSSR count). The van der Waals surface area contributed by atoms with Crippen LogP contribution in [0.2, 0.25) is 0 Å². The van der Waals surface area contributed by atoms with E-state index in [2.05, 4.69) is 27.7 Å². The average molecular weight is 637 g/mol. The highest BCUT2D eigenvalue weighted by Gasteiger charge is 2.20. The van der Waals surface area contributed by atoms with Crippen LogP contribution in [0.5, 0.6) is 0 Å². The SMILES string of the molecule is CCCCCCCCC(CCCCCC)C(=O)OCCCCCCCCCOC(=O)C(CCCCCC)CCCCCCCC. The molecule has 45 heavy (non-hydrogen) atoms. The minimum absolute atomic E-state index is 0.0600. The van der Waals surface area contributed by atoms with Gasteiger partial charge in [0.15, 0.2) is 0 Å². The molecule has 268 valence electrons. The zero-order chi connectivity index (χ0) is 33.1. The van der Waals surface area contributed by atoms with Gasteiger partial charge in [0.1, 0.15) is 0 Å². The third-order valence-corrected chi connectivity index (χ3v) is 9.57. The van der Waals surface area contributed by atoms with Crippen molar-refractivity contribution in [2.75, 3.05) is 13.2 Å². The highest BCUT2D eigenvalue weighted by atomic mass is 16.5. The van der Waals surface area contributed by atoms with Crippen molar-refractivity contribution in [2.24, 2.45) is 11.8 Å². The second-order valence-corrected chi connectivity index (χ2v) is 14.0. The van der Waals surface area contributed by atoms with Crippen molar-refractivity contribution in [1.82, 2.24) is 0 Å². The van der Waals surface area contributed by atoms with E-state index in [-0.39, 0.29) is 23.8 Å². The number of hydrogen-bond donors (Lipinski definition) is 0. The van der Waals surface area contributed by atoms with Crippen molar-refractivity contribution in [1.29, 1.82) is 0 Å². The number of esters is 2. The molecule has 0 saturated carbocycles. The fourth-order valence-corrected chi connectivity index (χ4v) is 6.41. The van der Waals surface area contributed by atoms with E-state index >= 15 is 0 Å². The zero-order valence-electron chi connectivity index (χ0n) is 31.1. The predicted molar refractivity (Wildman–Crippen MR) is 195 cm³/mol. The molecule has 0 fully saturated rings. The second kappa shape index (κ2) is 35.8. The van der Waals surface area contributed by atoms with Crippen LogP contribution in [0.1, 0.15) is 227 Å². The van der Waals surface area contributed by atoms with Gasteiger partial charge in [0.2, 0.25) is 0 Å². The number of carbonyl (C=O) groups is 2. The van der Waals surface area contributed by atoms with Crippen molar-refractivity contribution >= 4 is 11.9 Å². The molecule has 0 amide bonds. The number of unbranched alkanes of at least 4 members (excludes halogenated alkanes) is 22. The second-order valence-electron chi connectivity index (χ2n) is 14.0. The van der Waals surface area contributed by atoms with E-state index in [4.69, 9.17) is 9.47 Å². The maximum Gasteiger partial charge on any atom is 0.308 e. The van der Waals surface area contributed by atoms with E-state index in [1.165, 1.54) is 122 Å². The fraction of sp³-hybridized carbons (Fsp3) is 0.951. The first-order valence-corrected chi connectivity index (χ1v) is 20.4. The Labute approximate surface area is 282 Å². The van der Waals surface area contributed by atoms with Crippen LogP contribution in [0, 0.1) is 11.8 Å². The van der Waals surface area contributed by atoms with E-state index in [9.17, 15) is 9.59 Å². The summed E-state index contributed by atoms with van der Waals surface area (Å²) in [6, 6.07) is 0. The normalized spacial score (nSPS) is 12.7. The topological polar surface area (TPSA) is 52.6 Å². The summed E-state index contributed by atoms with van der Waals surface area (Å²) >= 11 is 0. The largest absolute Gasteiger partial charge is 0.465 e. The lowest BCUT2D eigenvalue weighted by Crippen LogP contribution is -2.19. The Hall–Kier alpha value is -1.06. The molecule has 4 nitrogen and oxygen atoms in total. The van der Waals surface area contributed by atoms with Crippen molar-refractivity contribution in [3.63, 3.8) is 0 Å². The van der Waals surface area contributed by atoms with Crippen LogP contribution in [-0.4, -0.2) is 25.2 Å². The lowest BCUT2D eigenvalue weighted by molar-refractivity contribution is -0.150. The molecule has 2 unspecified atom stereocenters. The molecule has 0 heterocycles. The lowest BCUT2D eigenvalue weighted by Gasteiger charge is -2.16. The summed E-state index contributed by atoms with van der Waals surface area (Å²) in [5.74, 6) is 0.331. The van der Waals surface area contributed by atoms with E-state index in [1.807, 2.05) is 0 Å². The van der Waals surface area contributed by atoms with Gasteiger partial charge in [-0.3, -0.25) is 9.59 Å². The van der Waals surface area contributed by atoms with Gasteiger partial charge in [0.05, 0.1) is 25.0 Å². The van der Waals surface area contributed by atoms with Crippen LogP contribution in [0.4, 0.5) is 0 Å². The monoisotopic (exact) mass is 637 g/mol. The number of hydrogen-bond acceptors (Lipinski definition) is 4. The summed E-state index contributed by atoms with van der Waals surface area (Å²) in [5, 5.41) is 0. The molecule has 4 heteroatoms. The van der Waals surface area contributed by atoms with Crippen LogP contribution in [-0.2, 0) is 19.1 Å². The van der Waals surface area contributed by atoms with Crippen molar-refractivity contribution < 1.29 is 19.1 Å². The van der Waals surface area contributed by atoms with Gasteiger partial charge < -0.3 is 9.47 Å². The third kappa shape index (κ3) is 30.0. The Bertz CT molecular complexity index is 567. The van der Waals surface area contributed by atoms with E-state index in [1.54, 1.807) is 0 Å². The smallest absolute Gasteiger partial charge is 0.308 e. The van der Waals surface area contributed by atoms with Crippen LogP contribution >= 0.6 is 0 Å². The van der Waals surface area contributed by atoms with Crippen LogP contribution in [0.15, 0.2) is 0 Å². The molecule has 0 N–H and O–H groups in total. The number of rotatable bonds is 36. The van der Waals surface area contributed by atoms with E-state index < -0.39 is 0 Å². The minimum Gasteiger partial charge on any atom is -0.465 e. The van der Waals surface area contributed by atoms with Gasteiger partial charge in [-0.15, -0.1) is 0 Å². The van der Waals surface area contributed by atoms with Gasteiger partial charge in [0, 0.05) is 0 Å². The molecular formula is C41H80O4. The van der Waals surface area contributed by atoms with E-state index in [0.29, 0.717) is 13.2 Å². The minimum atomic E-state index is 0.0600. The highest BCUT2D eigenvalue weighted by Crippen LogP contribution is 2.22. The van der Waals surface area contributed by atoms with Gasteiger partial charge in [-0.05, 0) is 38.5 Å². The molecule has 0 aromatic rings. The highest BCUT2D eigenvalue weighted by molar-refractivity contribution is 5.72. The molecule has 2 atom stereocenters. The molecule has 0 aliphatic carbocycles. The molecule has 0 spiro atoms. The Morgan fingerprint density at radius 2 is 0.556 bits per heavy atom. The van der Waals surface area contributed by atoms with Gasteiger partial charge in [-0.2, -0.15) is 0 Å². The quantitative estimate of drug-likeness (QED) is 0.0507. The third-order valence-electron chi connectivity index (χ3n) is 9.57. The Morgan fingerprint density at radius 1 is 0.333 bits per heavy atom. The maximum atomic E-state index is 12.8. The molecule has 0 bridgehead atoms. The average Bonchev–Trinajstić information content (AvgIpc) is 3.04. The summed E-state index contributed by atoms with van der Waals surface area (Å²) in [6.45, 7) is 10.1.